The number of rotatable bonds is 4. The average molecular weight is 364 g/mol. The van der Waals surface area contributed by atoms with Gasteiger partial charge in [0.2, 0.25) is 0 Å². The Balaban J connectivity index is 2.12. The largest absolute Gasteiger partial charge is 0.312 e. The number of thiazole rings is 1. The third-order valence-corrected chi connectivity index (χ3v) is 5.39. The summed E-state index contributed by atoms with van der Waals surface area (Å²) in [4.78, 5) is 29.0. The van der Waals surface area contributed by atoms with Gasteiger partial charge in [-0.05, 0) is 50.1 Å². The highest BCUT2D eigenvalue weighted by Gasteiger charge is 2.11. The predicted molar refractivity (Wildman–Crippen MR) is 106 cm³/mol. The van der Waals surface area contributed by atoms with Gasteiger partial charge >= 0.3 is 0 Å². The highest BCUT2D eigenvalue weighted by Crippen LogP contribution is 2.23. The molecule has 0 atom stereocenters. The molecule has 0 aliphatic heterocycles. The minimum Gasteiger partial charge on any atom is -0.312 e. The molecule has 0 bridgehead atoms. The maximum absolute atomic E-state index is 12.6. The summed E-state index contributed by atoms with van der Waals surface area (Å²) in [7, 11) is 0. The topological polar surface area (TPSA) is 51.4 Å². The van der Waals surface area contributed by atoms with Crippen molar-refractivity contribution in [3.05, 3.63) is 76.1 Å². The van der Waals surface area contributed by atoms with E-state index in [1.54, 1.807) is 30.3 Å². The van der Waals surface area contributed by atoms with Gasteiger partial charge in [0, 0.05) is 17.7 Å². The molecule has 0 saturated carbocycles. The summed E-state index contributed by atoms with van der Waals surface area (Å²) in [5, 5.41) is 0. The number of allylic oxidation sites excluding steroid dienone is 1. The van der Waals surface area contributed by atoms with E-state index in [0.717, 1.165) is 10.2 Å². The number of ketones is 1. The van der Waals surface area contributed by atoms with Crippen LogP contribution in [0.5, 0.6) is 0 Å². The number of carbonyl (C=O) groups excluding carboxylic acids is 2. The van der Waals surface area contributed by atoms with Gasteiger partial charge in [0.15, 0.2) is 10.6 Å². The van der Waals surface area contributed by atoms with Crippen LogP contribution < -0.4 is 4.80 Å². The molecular weight excluding hydrogens is 344 g/mol. The molecule has 2 aromatic carbocycles. The maximum atomic E-state index is 12.6. The standard InChI is InChI=1S/C21H20N2O2S/c1-5-10-23-18-12-13(2)11-14(3)19(18)26-21(23)22-20(25)17-8-6-16(7-9-17)15(4)24/h5-9,11-12H,1,10H2,2-4H3. The minimum atomic E-state index is -0.321. The van der Waals surface area contributed by atoms with Gasteiger partial charge in [0.25, 0.3) is 5.91 Å². The molecule has 1 aromatic heterocycles. The van der Waals surface area contributed by atoms with Gasteiger partial charge < -0.3 is 4.57 Å². The Kier molecular flexibility index (Phi) is 5.00. The molecule has 0 spiro atoms. The number of aromatic nitrogens is 1. The second-order valence-electron chi connectivity index (χ2n) is 6.26. The molecule has 1 amide bonds. The van der Waals surface area contributed by atoms with Crippen LogP contribution in [0.3, 0.4) is 0 Å². The first-order valence-electron chi connectivity index (χ1n) is 8.32. The number of fused-ring (bicyclic) bond motifs is 1. The van der Waals surface area contributed by atoms with E-state index in [9.17, 15) is 9.59 Å². The van der Waals surface area contributed by atoms with Crippen molar-refractivity contribution in [1.29, 1.82) is 0 Å². The first kappa shape index (κ1) is 18.0. The average Bonchev–Trinajstić information content (AvgIpc) is 2.93. The maximum Gasteiger partial charge on any atom is 0.279 e. The lowest BCUT2D eigenvalue weighted by molar-refractivity contribution is 0.0991. The van der Waals surface area contributed by atoms with Gasteiger partial charge in [0.05, 0.1) is 10.2 Å². The third kappa shape index (κ3) is 3.44. The Morgan fingerprint density at radius 2 is 1.81 bits per heavy atom. The second kappa shape index (κ2) is 7.22. The third-order valence-electron chi connectivity index (χ3n) is 4.16. The molecule has 3 aromatic rings. The quantitative estimate of drug-likeness (QED) is 0.507. The molecule has 0 N–H and O–H groups in total. The molecule has 0 saturated heterocycles. The molecule has 26 heavy (non-hydrogen) atoms. The van der Waals surface area contributed by atoms with E-state index in [1.165, 1.54) is 29.4 Å². The zero-order valence-electron chi connectivity index (χ0n) is 15.1. The van der Waals surface area contributed by atoms with Gasteiger partial charge in [-0.1, -0.05) is 35.6 Å². The van der Waals surface area contributed by atoms with Crippen LogP contribution in [0.4, 0.5) is 0 Å². The molecule has 4 nitrogen and oxygen atoms in total. The van der Waals surface area contributed by atoms with Crippen molar-refractivity contribution >= 4 is 33.2 Å². The van der Waals surface area contributed by atoms with E-state index < -0.39 is 0 Å². The van der Waals surface area contributed by atoms with Crippen LogP contribution in [-0.4, -0.2) is 16.3 Å². The van der Waals surface area contributed by atoms with Crippen LogP contribution in [0, 0.1) is 13.8 Å². The lowest BCUT2D eigenvalue weighted by Crippen LogP contribution is -2.16. The van der Waals surface area contributed by atoms with Crippen LogP contribution in [0.15, 0.2) is 54.0 Å². The number of carbonyl (C=O) groups is 2. The summed E-state index contributed by atoms with van der Waals surface area (Å²) >= 11 is 1.50. The van der Waals surface area contributed by atoms with Gasteiger partial charge in [0.1, 0.15) is 0 Å². The number of nitrogens with zero attached hydrogens (tertiary/aromatic N) is 2. The van der Waals surface area contributed by atoms with Gasteiger partial charge in [-0.15, -0.1) is 6.58 Å². The second-order valence-corrected chi connectivity index (χ2v) is 7.24. The number of benzene rings is 2. The molecule has 0 aliphatic rings. The summed E-state index contributed by atoms with van der Waals surface area (Å²) in [6.07, 6.45) is 1.80. The summed E-state index contributed by atoms with van der Waals surface area (Å²) in [6.45, 7) is 10.0. The van der Waals surface area contributed by atoms with E-state index in [0.29, 0.717) is 22.5 Å². The van der Waals surface area contributed by atoms with E-state index in [4.69, 9.17) is 0 Å². The number of Topliss-reactive ketones (excluding diaryl/α,β-unsaturated/α-hetero) is 1. The zero-order chi connectivity index (χ0) is 18.8. The lowest BCUT2D eigenvalue weighted by atomic mass is 10.1. The number of aryl methyl sites for hydroxylation is 2. The SMILES string of the molecule is C=CCn1c(=NC(=O)c2ccc(C(C)=O)cc2)sc2c(C)cc(C)cc21. The van der Waals surface area contributed by atoms with E-state index in [2.05, 4.69) is 37.6 Å². The summed E-state index contributed by atoms with van der Waals surface area (Å²) < 4.78 is 3.13. The molecule has 0 radical (unpaired) electrons. The van der Waals surface area contributed by atoms with E-state index >= 15 is 0 Å². The van der Waals surface area contributed by atoms with Gasteiger partial charge in [-0.25, -0.2) is 0 Å². The molecule has 132 valence electrons. The fraction of sp³-hybridized carbons (Fsp3) is 0.190. The van der Waals surface area contributed by atoms with Crippen molar-refractivity contribution in [2.45, 2.75) is 27.3 Å². The smallest absolute Gasteiger partial charge is 0.279 e. The van der Waals surface area contributed by atoms with Crippen LogP contribution in [0.25, 0.3) is 10.2 Å². The Labute approximate surface area is 156 Å². The summed E-state index contributed by atoms with van der Waals surface area (Å²) in [5.41, 5.74) is 4.44. The van der Waals surface area contributed by atoms with Crippen molar-refractivity contribution in [3.8, 4) is 0 Å². The molecule has 0 fully saturated rings. The number of amides is 1. The van der Waals surface area contributed by atoms with Crippen LogP contribution in [0.2, 0.25) is 0 Å². The Hall–Kier alpha value is -2.79. The molecule has 0 unspecified atom stereocenters. The highest BCUT2D eigenvalue weighted by molar-refractivity contribution is 7.16. The lowest BCUT2D eigenvalue weighted by Gasteiger charge is -2.03. The van der Waals surface area contributed by atoms with Crippen molar-refractivity contribution in [1.82, 2.24) is 4.57 Å². The Bertz CT molecular complexity index is 1090. The Morgan fingerprint density at radius 1 is 1.15 bits per heavy atom. The number of hydrogen-bond donors (Lipinski definition) is 0. The van der Waals surface area contributed by atoms with Crippen LogP contribution in [0.1, 0.15) is 38.8 Å². The van der Waals surface area contributed by atoms with Gasteiger partial charge in [-0.3, -0.25) is 9.59 Å². The summed E-state index contributed by atoms with van der Waals surface area (Å²) in [5.74, 6) is -0.348. The molecular formula is C21H20N2O2S. The van der Waals surface area contributed by atoms with Crippen molar-refractivity contribution in [3.63, 3.8) is 0 Å². The van der Waals surface area contributed by atoms with Crippen molar-refractivity contribution < 1.29 is 9.59 Å². The van der Waals surface area contributed by atoms with Crippen LogP contribution >= 0.6 is 11.3 Å². The molecule has 5 heteroatoms. The minimum absolute atomic E-state index is 0.0277. The molecule has 1 heterocycles. The first-order valence-corrected chi connectivity index (χ1v) is 9.14. The fourth-order valence-electron chi connectivity index (χ4n) is 2.90. The molecule has 0 aliphatic carbocycles. The highest BCUT2D eigenvalue weighted by atomic mass is 32.1. The first-order chi connectivity index (χ1) is 12.4. The molecule has 3 rings (SSSR count). The van der Waals surface area contributed by atoms with Crippen molar-refractivity contribution in [2.75, 3.05) is 0 Å². The van der Waals surface area contributed by atoms with Gasteiger partial charge in [-0.2, -0.15) is 4.99 Å². The van der Waals surface area contributed by atoms with Crippen molar-refractivity contribution in [2.24, 2.45) is 4.99 Å². The fourth-order valence-corrected chi connectivity index (χ4v) is 3.99. The summed E-state index contributed by atoms with van der Waals surface area (Å²) in [6, 6.07) is 10.8. The van der Waals surface area contributed by atoms with E-state index in [1.807, 2.05) is 4.57 Å². The normalized spacial score (nSPS) is 11.7. The van der Waals surface area contributed by atoms with Crippen LogP contribution in [-0.2, 0) is 6.54 Å². The number of hydrogen-bond acceptors (Lipinski definition) is 3. The predicted octanol–water partition coefficient (Wildman–Crippen LogP) is 4.45. The van der Waals surface area contributed by atoms with E-state index in [-0.39, 0.29) is 11.7 Å². The monoisotopic (exact) mass is 364 g/mol. The zero-order valence-corrected chi connectivity index (χ0v) is 15.9. The Morgan fingerprint density at radius 3 is 2.42 bits per heavy atom.